The van der Waals surface area contributed by atoms with Gasteiger partial charge in [-0.15, -0.1) is 0 Å². The van der Waals surface area contributed by atoms with Crippen molar-refractivity contribution in [3.05, 3.63) is 17.0 Å². The highest BCUT2D eigenvalue weighted by molar-refractivity contribution is 5.79. The van der Waals surface area contributed by atoms with Crippen molar-refractivity contribution in [1.29, 1.82) is 5.26 Å². The molecule has 1 fully saturated rings. The van der Waals surface area contributed by atoms with Crippen LogP contribution in [0.4, 0.5) is 0 Å². The Morgan fingerprint density at radius 3 is 2.33 bits per heavy atom. The maximum absolute atomic E-state index is 12.7. The molecule has 2 heterocycles. The lowest BCUT2D eigenvalue weighted by atomic mass is 9.97. The number of carbonyl (C=O) groups is 1. The van der Waals surface area contributed by atoms with E-state index in [9.17, 15) is 10.1 Å². The Kier molecular flexibility index (Phi) is 6.00. The minimum atomic E-state index is -0.0593. The summed E-state index contributed by atoms with van der Waals surface area (Å²) in [6.07, 6.45) is 0.722. The zero-order valence-electron chi connectivity index (χ0n) is 15.5. The minimum Gasteiger partial charge on any atom is -0.340 e. The van der Waals surface area contributed by atoms with Crippen LogP contribution >= 0.6 is 0 Å². The largest absolute Gasteiger partial charge is 0.340 e. The standard InChI is InChI=1S/C18H29N5O/c1-12(2)17(11-19)22-6-8-23(9-7-22)18(24)13(3)10-16-14(4)20-21-15(16)5/h12-13,17H,6-10H2,1-5H3,(H,20,21). The van der Waals surface area contributed by atoms with Gasteiger partial charge in [0.2, 0.25) is 5.91 Å². The van der Waals surface area contributed by atoms with Gasteiger partial charge in [-0.05, 0) is 31.7 Å². The number of nitriles is 1. The number of hydrogen-bond donors (Lipinski definition) is 1. The molecule has 6 heteroatoms. The summed E-state index contributed by atoms with van der Waals surface area (Å²) in [5, 5.41) is 16.5. The topological polar surface area (TPSA) is 76.0 Å². The van der Waals surface area contributed by atoms with Crippen molar-refractivity contribution in [3.63, 3.8) is 0 Å². The molecule has 1 aliphatic heterocycles. The molecule has 1 aromatic heterocycles. The van der Waals surface area contributed by atoms with Crippen LogP contribution in [-0.2, 0) is 11.2 Å². The molecule has 0 radical (unpaired) electrons. The lowest BCUT2D eigenvalue weighted by Gasteiger charge is -2.39. The Morgan fingerprint density at radius 1 is 1.25 bits per heavy atom. The highest BCUT2D eigenvalue weighted by Crippen LogP contribution is 2.19. The van der Waals surface area contributed by atoms with Crippen molar-refractivity contribution in [1.82, 2.24) is 20.0 Å². The van der Waals surface area contributed by atoms with Crippen LogP contribution in [0.15, 0.2) is 0 Å². The number of hydrogen-bond acceptors (Lipinski definition) is 4. The number of nitrogens with zero attached hydrogens (tertiary/aromatic N) is 4. The number of aryl methyl sites for hydroxylation is 2. The Balaban J connectivity index is 1.92. The maximum Gasteiger partial charge on any atom is 0.225 e. The van der Waals surface area contributed by atoms with Gasteiger partial charge in [-0.25, -0.2) is 0 Å². The van der Waals surface area contributed by atoms with Gasteiger partial charge in [0.25, 0.3) is 0 Å². The van der Waals surface area contributed by atoms with Crippen LogP contribution in [0.1, 0.15) is 37.7 Å². The van der Waals surface area contributed by atoms with Crippen molar-refractivity contribution in [3.8, 4) is 6.07 Å². The third-order valence-electron chi connectivity index (χ3n) is 5.00. The summed E-state index contributed by atoms with van der Waals surface area (Å²) in [5.41, 5.74) is 3.18. The number of rotatable bonds is 5. The van der Waals surface area contributed by atoms with Gasteiger partial charge in [0.05, 0.1) is 11.8 Å². The quantitative estimate of drug-likeness (QED) is 0.894. The molecule has 1 saturated heterocycles. The predicted molar refractivity (Wildman–Crippen MR) is 93.3 cm³/mol. The molecule has 6 nitrogen and oxygen atoms in total. The minimum absolute atomic E-state index is 0.0524. The fraction of sp³-hybridized carbons (Fsp3) is 0.722. The van der Waals surface area contributed by atoms with Crippen LogP contribution < -0.4 is 0 Å². The molecule has 24 heavy (non-hydrogen) atoms. The van der Waals surface area contributed by atoms with Crippen molar-refractivity contribution < 1.29 is 4.79 Å². The first kappa shape index (κ1) is 18.5. The third-order valence-corrected chi connectivity index (χ3v) is 5.00. The second-order valence-electron chi connectivity index (χ2n) is 7.20. The first-order valence-corrected chi connectivity index (χ1v) is 8.78. The molecule has 1 aromatic rings. The summed E-state index contributed by atoms with van der Waals surface area (Å²) in [4.78, 5) is 16.9. The number of nitrogens with one attached hydrogen (secondary N) is 1. The first-order chi connectivity index (χ1) is 11.3. The van der Waals surface area contributed by atoms with Gasteiger partial charge < -0.3 is 4.90 Å². The van der Waals surface area contributed by atoms with E-state index in [2.05, 4.69) is 35.0 Å². The smallest absolute Gasteiger partial charge is 0.225 e. The molecule has 2 unspecified atom stereocenters. The fourth-order valence-electron chi connectivity index (χ4n) is 3.45. The van der Waals surface area contributed by atoms with Crippen LogP contribution in [0.3, 0.4) is 0 Å². The molecule has 2 atom stereocenters. The van der Waals surface area contributed by atoms with Crippen molar-refractivity contribution in [2.45, 2.75) is 47.1 Å². The number of amides is 1. The average molecular weight is 331 g/mol. The molecule has 1 aliphatic rings. The van der Waals surface area contributed by atoms with Gasteiger partial charge in [-0.1, -0.05) is 20.8 Å². The lowest BCUT2D eigenvalue weighted by molar-refractivity contribution is -0.137. The zero-order chi connectivity index (χ0) is 17.9. The van der Waals surface area contributed by atoms with Crippen molar-refractivity contribution in [2.75, 3.05) is 26.2 Å². The van der Waals surface area contributed by atoms with Crippen molar-refractivity contribution in [2.24, 2.45) is 11.8 Å². The van der Waals surface area contributed by atoms with E-state index in [1.54, 1.807) is 0 Å². The molecule has 1 amide bonds. The molecule has 0 spiro atoms. The second-order valence-corrected chi connectivity index (χ2v) is 7.20. The molecule has 2 rings (SSSR count). The van der Waals surface area contributed by atoms with Crippen LogP contribution in [0, 0.1) is 37.0 Å². The summed E-state index contributed by atoms with van der Waals surface area (Å²) >= 11 is 0. The SMILES string of the molecule is Cc1n[nH]c(C)c1CC(C)C(=O)N1CCN(C(C#N)C(C)C)CC1. The summed E-state index contributed by atoms with van der Waals surface area (Å²) in [6, 6.07) is 2.33. The summed E-state index contributed by atoms with van der Waals surface area (Å²) < 4.78 is 0. The molecule has 0 aliphatic carbocycles. The molecular weight excluding hydrogens is 302 g/mol. The number of carbonyl (C=O) groups excluding carboxylic acids is 1. The predicted octanol–water partition coefficient (Wildman–Crippen LogP) is 1.90. The van der Waals surface area contributed by atoms with Gasteiger partial charge in [0.1, 0.15) is 6.04 Å². The third kappa shape index (κ3) is 3.96. The van der Waals surface area contributed by atoms with Gasteiger partial charge in [-0.3, -0.25) is 14.8 Å². The summed E-state index contributed by atoms with van der Waals surface area (Å²) in [6.45, 7) is 13.1. The molecule has 1 N–H and O–H groups in total. The van der Waals surface area contributed by atoms with Crippen LogP contribution in [-0.4, -0.2) is 58.1 Å². The van der Waals surface area contributed by atoms with E-state index in [4.69, 9.17) is 0 Å². The monoisotopic (exact) mass is 331 g/mol. The molecule has 0 bridgehead atoms. The first-order valence-electron chi connectivity index (χ1n) is 8.78. The molecule has 0 saturated carbocycles. The van der Waals surface area contributed by atoms with Crippen LogP contribution in [0.25, 0.3) is 0 Å². The summed E-state index contributed by atoms with van der Waals surface area (Å²) in [5.74, 6) is 0.458. The van der Waals surface area contributed by atoms with E-state index in [1.807, 2.05) is 25.7 Å². The Bertz CT molecular complexity index is 588. The molecular formula is C18H29N5O. The van der Waals surface area contributed by atoms with Gasteiger partial charge in [0, 0.05) is 37.8 Å². The fourth-order valence-corrected chi connectivity index (χ4v) is 3.45. The van der Waals surface area contributed by atoms with Crippen molar-refractivity contribution >= 4 is 5.91 Å². The van der Waals surface area contributed by atoms with Crippen LogP contribution in [0.5, 0.6) is 0 Å². The van der Waals surface area contributed by atoms with E-state index in [1.165, 1.54) is 0 Å². The lowest BCUT2D eigenvalue weighted by Crippen LogP contribution is -2.53. The second kappa shape index (κ2) is 7.80. The number of piperazine rings is 1. The van der Waals surface area contributed by atoms with E-state index >= 15 is 0 Å². The highest BCUT2D eigenvalue weighted by Gasteiger charge is 2.29. The number of H-pyrrole nitrogens is 1. The average Bonchev–Trinajstić information content (AvgIpc) is 2.87. The van der Waals surface area contributed by atoms with E-state index in [0.29, 0.717) is 19.0 Å². The Hall–Kier alpha value is -1.87. The zero-order valence-corrected chi connectivity index (χ0v) is 15.5. The maximum atomic E-state index is 12.7. The van der Waals surface area contributed by atoms with Gasteiger partial charge >= 0.3 is 0 Å². The number of aromatic amines is 1. The van der Waals surface area contributed by atoms with Crippen LogP contribution in [0.2, 0.25) is 0 Å². The van der Waals surface area contributed by atoms with E-state index < -0.39 is 0 Å². The Morgan fingerprint density at radius 2 is 1.88 bits per heavy atom. The molecule has 132 valence electrons. The van der Waals surface area contributed by atoms with E-state index in [0.717, 1.165) is 36.5 Å². The summed E-state index contributed by atoms with van der Waals surface area (Å²) in [7, 11) is 0. The Labute approximate surface area is 144 Å². The normalized spacial score (nSPS) is 18.5. The van der Waals surface area contributed by atoms with E-state index in [-0.39, 0.29) is 17.9 Å². The highest BCUT2D eigenvalue weighted by atomic mass is 16.2. The number of aromatic nitrogens is 2. The van der Waals surface area contributed by atoms with Gasteiger partial charge in [-0.2, -0.15) is 10.4 Å². The molecule has 0 aromatic carbocycles. The van der Waals surface area contributed by atoms with Gasteiger partial charge in [0.15, 0.2) is 0 Å².